The Morgan fingerprint density at radius 1 is 1.30 bits per heavy atom. The second-order valence-corrected chi connectivity index (χ2v) is 4.97. The molecule has 1 heterocycles. The normalized spacial score (nSPS) is 21.9. The number of esters is 1. The third-order valence-corrected chi connectivity index (χ3v) is 3.69. The number of nitrogens with zero attached hydrogens (tertiary/aromatic N) is 1. The number of carbonyl (C=O) groups is 2. The molecule has 2 atom stereocenters. The average Bonchev–Trinajstić information content (AvgIpc) is 2.75. The third-order valence-electron chi connectivity index (χ3n) is 3.69. The van der Waals surface area contributed by atoms with Crippen LogP contribution in [0.5, 0.6) is 5.75 Å². The lowest BCUT2D eigenvalue weighted by Crippen LogP contribution is -2.33. The van der Waals surface area contributed by atoms with Crippen LogP contribution in [0.3, 0.4) is 0 Å². The van der Waals surface area contributed by atoms with E-state index in [1.807, 2.05) is 31.2 Å². The highest BCUT2D eigenvalue weighted by Crippen LogP contribution is 2.27. The van der Waals surface area contributed by atoms with Crippen LogP contribution in [0.4, 0.5) is 0 Å². The lowest BCUT2D eigenvalue weighted by molar-refractivity contribution is -0.150. The number of methoxy groups -OCH3 is 2. The van der Waals surface area contributed by atoms with Gasteiger partial charge in [-0.2, -0.15) is 0 Å². The fraction of sp³-hybridized carbons (Fsp3) is 0.467. The first-order valence-electron chi connectivity index (χ1n) is 6.58. The summed E-state index contributed by atoms with van der Waals surface area (Å²) in [4.78, 5) is 25.5. The number of ether oxygens (including phenoxy) is 2. The number of hydrogen-bond donors (Lipinski definition) is 0. The van der Waals surface area contributed by atoms with Crippen LogP contribution >= 0.6 is 0 Å². The molecule has 1 amide bonds. The third kappa shape index (κ3) is 2.76. The molecule has 20 heavy (non-hydrogen) atoms. The number of hydrogen-bond acceptors (Lipinski definition) is 4. The van der Waals surface area contributed by atoms with E-state index in [0.717, 1.165) is 11.3 Å². The van der Waals surface area contributed by atoms with Gasteiger partial charge >= 0.3 is 5.97 Å². The van der Waals surface area contributed by atoms with E-state index in [9.17, 15) is 9.59 Å². The zero-order valence-electron chi connectivity index (χ0n) is 12.0. The largest absolute Gasteiger partial charge is 0.497 e. The van der Waals surface area contributed by atoms with E-state index in [-0.39, 0.29) is 11.9 Å². The minimum absolute atomic E-state index is 0.0358. The summed E-state index contributed by atoms with van der Waals surface area (Å²) in [7, 11) is 2.93. The van der Waals surface area contributed by atoms with Crippen LogP contribution in [0.25, 0.3) is 0 Å². The van der Waals surface area contributed by atoms with Crippen molar-refractivity contribution in [1.29, 1.82) is 0 Å². The van der Waals surface area contributed by atoms with Crippen molar-refractivity contribution in [3.05, 3.63) is 29.8 Å². The van der Waals surface area contributed by atoms with Gasteiger partial charge < -0.3 is 14.4 Å². The van der Waals surface area contributed by atoms with Gasteiger partial charge in [-0.25, -0.2) is 0 Å². The second kappa shape index (κ2) is 5.94. The van der Waals surface area contributed by atoms with Crippen molar-refractivity contribution in [2.24, 2.45) is 5.92 Å². The van der Waals surface area contributed by atoms with E-state index >= 15 is 0 Å². The monoisotopic (exact) mass is 277 g/mol. The molecule has 108 valence electrons. The molecule has 2 rings (SSSR count). The number of carbonyl (C=O) groups excluding carboxylic acids is 2. The van der Waals surface area contributed by atoms with Crippen LogP contribution in [-0.2, 0) is 20.9 Å². The van der Waals surface area contributed by atoms with Gasteiger partial charge in [0.1, 0.15) is 11.7 Å². The Balaban J connectivity index is 2.08. The Kier molecular flexibility index (Phi) is 4.27. The molecule has 2 unspecified atom stereocenters. The number of amides is 1. The summed E-state index contributed by atoms with van der Waals surface area (Å²) in [6, 6.07) is 7.60. The van der Waals surface area contributed by atoms with E-state index in [1.165, 1.54) is 7.11 Å². The van der Waals surface area contributed by atoms with Crippen molar-refractivity contribution < 1.29 is 19.1 Å². The maximum atomic E-state index is 12.2. The van der Waals surface area contributed by atoms with Crippen LogP contribution < -0.4 is 4.74 Å². The van der Waals surface area contributed by atoms with Crippen LogP contribution in [0.2, 0.25) is 0 Å². The highest BCUT2D eigenvalue weighted by Gasteiger charge is 2.41. The van der Waals surface area contributed by atoms with Gasteiger partial charge in [-0.15, -0.1) is 0 Å². The van der Waals surface area contributed by atoms with Gasteiger partial charge in [0.25, 0.3) is 0 Å². The molecular formula is C15H19NO4. The predicted octanol–water partition coefficient (Wildman–Crippen LogP) is 1.61. The zero-order chi connectivity index (χ0) is 14.7. The van der Waals surface area contributed by atoms with Crippen LogP contribution in [-0.4, -0.2) is 37.0 Å². The van der Waals surface area contributed by atoms with Gasteiger partial charge in [-0.3, -0.25) is 9.59 Å². The summed E-state index contributed by atoms with van der Waals surface area (Å²) < 4.78 is 9.78. The van der Waals surface area contributed by atoms with E-state index in [0.29, 0.717) is 13.0 Å². The van der Waals surface area contributed by atoms with Gasteiger partial charge in [0, 0.05) is 12.6 Å². The summed E-state index contributed by atoms with van der Waals surface area (Å²) >= 11 is 0. The summed E-state index contributed by atoms with van der Waals surface area (Å²) in [5, 5.41) is 0. The average molecular weight is 277 g/mol. The Bertz CT molecular complexity index is 497. The van der Waals surface area contributed by atoms with E-state index in [2.05, 4.69) is 4.74 Å². The predicted molar refractivity (Wildman–Crippen MR) is 73.1 cm³/mol. The second-order valence-electron chi connectivity index (χ2n) is 4.97. The fourth-order valence-corrected chi connectivity index (χ4v) is 2.49. The molecule has 0 N–H and O–H groups in total. The van der Waals surface area contributed by atoms with Crippen LogP contribution in [0, 0.1) is 5.92 Å². The molecule has 5 heteroatoms. The van der Waals surface area contributed by atoms with Gasteiger partial charge in [0.2, 0.25) is 5.91 Å². The molecule has 0 radical (unpaired) electrons. The van der Waals surface area contributed by atoms with Crippen molar-refractivity contribution in [1.82, 2.24) is 4.90 Å². The van der Waals surface area contributed by atoms with E-state index in [4.69, 9.17) is 4.74 Å². The maximum Gasteiger partial charge on any atom is 0.318 e. The van der Waals surface area contributed by atoms with Crippen LogP contribution in [0.15, 0.2) is 24.3 Å². The summed E-state index contributed by atoms with van der Waals surface area (Å²) in [5.41, 5.74) is 1.01. The Morgan fingerprint density at radius 2 is 1.95 bits per heavy atom. The van der Waals surface area contributed by atoms with Crippen molar-refractivity contribution >= 4 is 11.9 Å². The van der Waals surface area contributed by atoms with Gasteiger partial charge in [0.15, 0.2) is 0 Å². The molecule has 0 spiro atoms. The minimum atomic E-state index is -0.659. The van der Waals surface area contributed by atoms with E-state index in [1.54, 1.807) is 12.0 Å². The lowest BCUT2D eigenvalue weighted by atomic mass is 10.1. The molecule has 1 fully saturated rings. The van der Waals surface area contributed by atoms with Crippen molar-refractivity contribution in [3.8, 4) is 5.75 Å². The summed E-state index contributed by atoms with van der Waals surface area (Å²) in [5.74, 6) is -0.477. The SMILES string of the molecule is COC(=O)C1CC(C)N(Cc2ccc(OC)cc2)C1=O. The topological polar surface area (TPSA) is 55.8 Å². The standard InChI is InChI=1S/C15H19NO4/c1-10-8-13(15(18)20-3)14(17)16(10)9-11-4-6-12(19-2)7-5-11/h4-7,10,13H,8-9H2,1-3H3. The highest BCUT2D eigenvalue weighted by molar-refractivity contribution is 5.99. The van der Waals surface area contributed by atoms with E-state index < -0.39 is 11.9 Å². The molecular weight excluding hydrogens is 258 g/mol. The molecule has 1 saturated heterocycles. The number of rotatable bonds is 4. The Labute approximate surface area is 118 Å². The zero-order valence-corrected chi connectivity index (χ0v) is 12.0. The molecule has 0 saturated carbocycles. The highest BCUT2D eigenvalue weighted by atomic mass is 16.5. The quantitative estimate of drug-likeness (QED) is 0.619. The minimum Gasteiger partial charge on any atom is -0.497 e. The Hall–Kier alpha value is -2.04. The number of benzene rings is 1. The lowest BCUT2D eigenvalue weighted by Gasteiger charge is -2.21. The van der Waals surface area contributed by atoms with Crippen molar-refractivity contribution in [3.63, 3.8) is 0 Å². The summed E-state index contributed by atoms with van der Waals surface area (Å²) in [6.45, 7) is 2.45. The number of likely N-dealkylation sites (tertiary alicyclic amines) is 1. The smallest absolute Gasteiger partial charge is 0.318 e. The van der Waals surface area contributed by atoms with Crippen molar-refractivity contribution in [2.45, 2.75) is 25.9 Å². The molecule has 1 aliphatic rings. The van der Waals surface area contributed by atoms with Crippen molar-refractivity contribution in [2.75, 3.05) is 14.2 Å². The molecule has 1 aromatic carbocycles. The first-order chi connectivity index (χ1) is 9.56. The molecule has 1 aromatic rings. The molecule has 0 bridgehead atoms. The Morgan fingerprint density at radius 3 is 2.50 bits per heavy atom. The molecule has 0 aromatic heterocycles. The first-order valence-corrected chi connectivity index (χ1v) is 6.58. The molecule has 0 aliphatic carbocycles. The summed E-state index contributed by atoms with van der Waals surface area (Å²) in [6.07, 6.45) is 0.516. The molecule has 5 nitrogen and oxygen atoms in total. The fourth-order valence-electron chi connectivity index (χ4n) is 2.49. The first kappa shape index (κ1) is 14.4. The van der Waals surface area contributed by atoms with Gasteiger partial charge in [-0.1, -0.05) is 12.1 Å². The molecule has 1 aliphatic heterocycles. The maximum absolute atomic E-state index is 12.2. The van der Waals surface area contributed by atoms with Gasteiger partial charge in [0.05, 0.1) is 14.2 Å². The van der Waals surface area contributed by atoms with Crippen LogP contribution in [0.1, 0.15) is 18.9 Å². The van der Waals surface area contributed by atoms with Gasteiger partial charge in [-0.05, 0) is 31.0 Å².